The van der Waals surface area contributed by atoms with Gasteiger partial charge in [-0.2, -0.15) is 0 Å². The summed E-state index contributed by atoms with van der Waals surface area (Å²) in [7, 11) is 0. The normalized spacial score (nSPS) is 12.7. The van der Waals surface area contributed by atoms with E-state index >= 15 is 0 Å². The largest absolute Gasteiger partial charge is 0.0654 e. The van der Waals surface area contributed by atoms with Crippen LogP contribution in [0.25, 0.3) is 11.1 Å². The number of benzene rings is 3. The zero-order chi connectivity index (χ0) is 23.2. The third-order valence-electron chi connectivity index (χ3n) is 6.99. The van der Waals surface area contributed by atoms with Gasteiger partial charge in [0.1, 0.15) is 0 Å². The summed E-state index contributed by atoms with van der Waals surface area (Å²) in [4.78, 5) is 0. The van der Waals surface area contributed by atoms with Crippen molar-refractivity contribution in [2.75, 3.05) is 0 Å². The maximum absolute atomic E-state index is 3.74. The smallest absolute Gasteiger partial charge is 0.0353 e. The molecule has 0 heterocycles. The highest BCUT2D eigenvalue weighted by Crippen LogP contribution is 2.49. The average Bonchev–Trinajstić information content (AvgIpc) is 3.11. The molecule has 174 valence electrons. The second kappa shape index (κ2) is 11.8. The van der Waals surface area contributed by atoms with Crippen molar-refractivity contribution in [3.63, 3.8) is 0 Å². The van der Waals surface area contributed by atoms with Crippen LogP contribution in [0.5, 0.6) is 0 Å². The molecule has 0 bridgehead atoms. The number of hydrogen-bond acceptors (Lipinski definition) is 0. The topological polar surface area (TPSA) is 0 Å². The van der Waals surface area contributed by atoms with E-state index in [4.69, 9.17) is 0 Å². The molecule has 4 rings (SSSR count). The van der Waals surface area contributed by atoms with E-state index in [1.165, 1.54) is 103 Å². The van der Waals surface area contributed by atoms with Gasteiger partial charge in [0.25, 0.3) is 0 Å². The molecule has 3 aromatic rings. The fourth-order valence-electron chi connectivity index (χ4n) is 5.32. The van der Waals surface area contributed by atoms with Gasteiger partial charge < -0.3 is 0 Å². The Morgan fingerprint density at radius 3 is 1.52 bits per heavy atom. The van der Waals surface area contributed by atoms with E-state index in [-0.39, 0.29) is 0 Å². The van der Waals surface area contributed by atoms with Gasteiger partial charge in [-0.15, -0.1) is 0 Å². The monoisotopic (exact) mass is 566 g/mol. The molecule has 2 heteroatoms. The van der Waals surface area contributed by atoms with Gasteiger partial charge in [-0.25, -0.2) is 0 Å². The molecule has 0 spiro atoms. The lowest BCUT2D eigenvalue weighted by atomic mass is 9.86. The third kappa shape index (κ3) is 6.01. The molecule has 33 heavy (non-hydrogen) atoms. The summed E-state index contributed by atoms with van der Waals surface area (Å²) in [5.41, 5.74) is 10.1. The van der Waals surface area contributed by atoms with Crippen molar-refractivity contribution in [2.24, 2.45) is 0 Å². The molecule has 3 aromatic carbocycles. The van der Waals surface area contributed by atoms with Crippen molar-refractivity contribution in [2.45, 2.75) is 84.0 Å². The predicted molar refractivity (Wildman–Crippen MR) is 150 cm³/mol. The number of halogens is 2. The second-order valence-corrected chi connectivity index (χ2v) is 11.4. The predicted octanol–water partition coefficient (Wildman–Crippen LogP) is 10.6. The molecule has 0 saturated carbocycles. The van der Waals surface area contributed by atoms with Crippen molar-refractivity contribution < 1.29 is 0 Å². The fraction of sp³-hybridized carbons (Fsp3) is 0.419. The van der Waals surface area contributed by atoms with Crippen molar-refractivity contribution in [1.82, 2.24) is 0 Å². The van der Waals surface area contributed by atoms with Gasteiger partial charge in [0, 0.05) is 14.9 Å². The van der Waals surface area contributed by atoms with Crippen LogP contribution >= 0.6 is 31.9 Å². The van der Waals surface area contributed by atoms with Gasteiger partial charge in [-0.05, 0) is 88.9 Å². The lowest BCUT2D eigenvalue weighted by Gasteiger charge is -2.18. The lowest BCUT2D eigenvalue weighted by Crippen LogP contribution is -2.03. The SMILES string of the molecule is CCCCCCc1cc(CCCCCC)cc(C2c3cc(Br)ccc3-c3ccc(Br)cc32)c1. The Balaban J connectivity index is 1.73. The zero-order valence-electron chi connectivity index (χ0n) is 20.1. The van der Waals surface area contributed by atoms with Crippen LogP contribution in [0.15, 0.2) is 63.5 Å². The standard InChI is InChI=1S/C31H36Br2/c1-3-5-7-9-11-22-17-23(12-10-8-6-4-2)19-24(18-22)31-29-20-25(32)13-15-27(29)28-16-14-26(33)21-30(28)31/h13-21,31H,3-12H2,1-2H3. The van der Waals surface area contributed by atoms with Crippen LogP contribution in [-0.2, 0) is 12.8 Å². The Morgan fingerprint density at radius 1 is 0.576 bits per heavy atom. The number of unbranched alkanes of at least 4 members (excludes halogenated alkanes) is 6. The highest BCUT2D eigenvalue weighted by molar-refractivity contribution is 9.10. The van der Waals surface area contributed by atoms with E-state index in [0.717, 1.165) is 8.95 Å². The maximum Gasteiger partial charge on any atom is 0.0353 e. The molecule has 1 aliphatic carbocycles. The van der Waals surface area contributed by atoms with Crippen molar-refractivity contribution >= 4 is 31.9 Å². The third-order valence-corrected chi connectivity index (χ3v) is 7.97. The van der Waals surface area contributed by atoms with E-state index in [2.05, 4.69) is 100 Å². The molecule has 0 fully saturated rings. The van der Waals surface area contributed by atoms with Crippen LogP contribution in [0.2, 0.25) is 0 Å². The van der Waals surface area contributed by atoms with Crippen LogP contribution in [-0.4, -0.2) is 0 Å². The van der Waals surface area contributed by atoms with Gasteiger partial charge in [-0.3, -0.25) is 0 Å². The molecule has 0 N–H and O–H groups in total. The van der Waals surface area contributed by atoms with Crippen LogP contribution in [0.4, 0.5) is 0 Å². The zero-order valence-corrected chi connectivity index (χ0v) is 23.3. The Morgan fingerprint density at radius 2 is 1.06 bits per heavy atom. The van der Waals surface area contributed by atoms with Crippen molar-refractivity contribution in [3.05, 3.63) is 91.4 Å². The van der Waals surface area contributed by atoms with E-state index in [9.17, 15) is 0 Å². The lowest BCUT2D eigenvalue weighted by molar-refractivity contribution is 0.660. The molecule has 0 saturated heterocycles. The molecule has 0 atom stereocenters. The van der Waals surface area contributed by atoms with Crippen LogP contribution in [0.3, 0.4) is 0 Å². The molecular weight excluding hydrogens is 532 g/mol. The maximum atomic E-state index is 3.74. The molecule has 0 aliphatic heterocycles. The van der Waals surface area contributed by atoms with Gasteiger partial charge in [0.05, 0.1) is 0 Å². The summed E-state index contributed by atoms with van der Waals surface area (Å²) in [6.45, 7) is 4.58. The summed E-state index contributed by atoms with van der Waals surface area (Å²) < 4.78 is 2.32. The first-order valence-electron chi connectivity index (χ1n) is 12.8. The summed E-state index contributed by atoms with van der Waals surface area (Å²) in [6.07, 6.45) is 12.9. The first-order valence-corrected chi connectivity index (χ1v) is 14.4. The quantitative estimate of drug-likeness (QED) is 0.158. The van der Waals surface area contributed by atoms with Crippen molar-refractivity contribution in [3.8, 4) is 11.1 Å². The summed E-state index contributed by atoms with van der Waals surface area (Å²) in [5, 5.41) is 0. The second-order valence-electron chi connectivity index (χ2n) is 9.60. The first-order chi connectivity index (χ1) is 16.1. The first kappa shape index (κ1) is 24.7. The molecular formula is C31H36Br2. The fourth-order valence-corrected chi connectivity index (χ4v) is 6.08. The molecule has 1 aliphatic rings. The minimum atomic E-state index is 0.301. The van der Waals surface area contributed by atoms with Crippen LogP contribution in [0, 0.1) is 0 Å². The number of hydrogen-bond donors (Lipinski definition) is 0. The van der Waals surface area contributed by atoms with E-state index < -0.39 is 0 Å². The minimum Gasteiger partial charge on any atom is -0.0654 e. The van der Waals surface area contributed by atoms with Gasteiger partial charge in [0.2, 0.25) is 0 Å². The Hall–Kier alpha value is -1.38. The van der Waals surface area contributed by atoms with E-state index in [1.807, 2.05) is 0 Å². The Bertz CT molecular complexity index is 1000. The molecule has 0 amide bonds. The van der Waals surface area contributed by atoms with Gasteiger partial charge in [0.15, 0.2) is 0 Å². The summed E-state index contributed by atoms with van der Waals surface area (Å²) >= 11 is 7.48. The van der Waals surface area contributed by atoms with Gasteiger partial charge in [-0.1, -0.05) is 115 Å². The van der Waals surface area contributed by atoms with Crippen LogP contribution in [0.1, 0.15) is 98.9 Å². The number of aryl methyl sites for hydroxylation is 2. The Kier molecular flexibility index (Phi) is 8.88. The average molecular weight is 568 g/mol. The Labute approximate surface area is 217 Å². The van der Waals surface area contributed by atoms with E-state index in [1.54, 1.807) is 0 Å². The molecule has 0 aromatic heterocycles. The van der Waals surface area contributed by atoms with Crippen molar-refractivity contribution in [1.29, 1.82) is 0 Å². The summed E-state index contributed by atoms with van der Waals surface area (Å²) in [6, 6.07) is 21.1. The highest BCUT2D eigenvalue weighted by Gasteiger charge is 2.30. The molecule has 0 radical (unpaired) electrons. The minimum absolute atomic E-state index is 0.301. The summed E-state index contributed by atoms with van der Waals surface area (Å²) in [5.74, 6) is 0.301. The van der Waals surface area contributed by atoms with Gasteiger partial charge >= 0.3 is 0 Å². The molecule has 0 nitrogen and oxygen atoms in total. The van der Waals surface area contributed by atoms with Crippen LogP contribution < -0.4 is 0 Å². The molecule has 0 unspecified atom stereocenters. The number of rotatable bonds is 11. The number of fused-ring (bicyclic) bond motifs is 3. The van der Waals surface area contributed by atoms with E-state index in [0.29, 0.717) is 5.92 Å². The highest BCUT2D eigenvalue weighted by atomic mass is 79.9.